The van der Waals surface area contributed by atoms with Gasteiger partial charge in [-0.25, -0.2) is 4.98 Å². The second kappa shape index (κ2) is 8.44. The number of rotatable bonds is 6. The zero-order valence-electron chi connectivity index (χ0n) is 16.1. The number of ether oxygens (including phenoxy) is 2. The third-order valence-corrected chi connectivity index (χ3v) is 5.17. The topological polar surface area (TPSA) is 56.6 Å². The second-order valence-electron chi connectivity index (χ2n) is 6.96. The lowest BCUT2D eigenvalue weighted by molar-refractivity contribution is 0.0905. The maximum atomic E-state index is 12.8. The van der Waals surface area contributed by atoms with Crippen molar-refractivity contribution in [1.82, 2.24) is 9.55 Å². The summed E-state index contributed by atoms with van der Waals surface area (Å²) < 4.78 is 12.7. The summed E-state index contributed by atoms with van der Waals surface area (Å²) in [5.74, 6) is 0.745. The van der Waals surface area contributed by atoms with Crippen LogP contribution in [0.1, 0.15) is 23.2 Å². The van der Waals surface area contributed by atoms with E-state index in [1.54, 1.807) is 18.0 Å². The molecule has 0 spiro atoms. The first-order valence-corrected chi connectivity index (χ1v) is 9.71. The summed E-state index contributed by atoms with van der Waals surface area (Å²) in [6, 6.07) is 14.3. The normalized spacial score (nSPS) is 14.4. The lowest BCUT2D eigenvalue weighted by Gasteiger charge is -2.29. The van der Waals surface area contributed by atoms with E-state index >= 15 is 0 Å². The van der Waals surface area contributed by atoms with Crippen LogP contribution in [0.2, 0.25) is 0 Å². The van der Waals surface area contributed by atoms with Gasteiger partial charge < -0.3 is 14.4 Å². The van der Waals surface area contributed by atoms with Crippen molar-refractivity contribution in [3.8, 4) is 5.75 Å². The second-order valence-corrected chi connectivity index (χ2v) is 6.96. The number of methoxy groups -OCH3 is 1. The molecule has 1 aliphatic rings. The van der Waals surface area contributed by atoms with Crippen molar-refractivity contribution in [3.63, 3.8) is 0 Å². The van der Waals surface area contributed by atoms with Crippen LogP contribution in [0, 0.1) is 0 Å². The van der Waals surface area contributed by atoms with Crippen molar-refractivity contribution in [1.29, 1.82) is 0 Å². The Balaban J connectivity index is 1.55. The van der Waals surface area contributed by atoms with Crippen molar-refractivity contribution < 1.29 is 14.3 Å². The van der Waals surface area contributed by atoms with Gasteiger partial charge in [0.05, 0.1) is 25.8 Å². The van der Waals surface area contributed by atoms with Crippen LogP contribution < -0.4 is 9.64 Å². The third-order valence-electron chi connectivity index (χ3n) is 5.17. The average molecular weight is 379 g/mol. The lowest BCUT2D eigenvalue weighted by Crippen LogP contribution is -2.36. The first-order valence-electron chi connectivity index (χ1n) is 9.71. The zero-order chi connectivity index (χ0) is 19.3. The highest BCUT2D eigenvalue weighted by Crippen LogP contribution is 2.31. The van der Waals surface area contributed by atoms with Crippen LogP contribution in [0.25, 0.3) is 11.0 Å². The fraction of sp³-hybridized carbons (Fsp3) is 0.364. The Bertz CT molecular complexity index is 946. The van der Waals surface area contributed by atoms with Gasteiger partial charge in [0.25, 0.3) is 0 Å². The molecule has 0 amide bonds. The van der Waals surface area contributed by atoms with Gasteiger partial charge in [0.15, 0.2) is 0 Å². The average Bonchev–Trinajstić information content (AvgIpc) is 3.18. The molecule has 28 heavy (non-hydrogen) atoms. The maximum Gasteiger partial charge on any atom is 0.232 e. The van der Waals surface area contributed by atoms with E-state index in [4.69, 9.17) is 9.47 Å². The Morgan fingerprint density at radius 3 is 2.71 bits per heavy atom. The summed E-state index contributed by atoms with van der Waals surface area (Å²) in [6.07, 6.45) is 3.79. The Morgan fingerprint density at radius 2 is 1.96 bits per heavy atom. The van der Waals surface area contributed by atoms with Crippen LogP contribution in [0.5, 0.6) is 5.75 Å². The van der Waals surface area contributed by atoms with Gasteiger partial charge in [-0.3, -0.25) is 9.36 Å². The number of imidazole rings is 1. The maximum absolute atomic E-state index is 12.8. The van der Waals surface area contributed by atoms with Crippen LogP contribution in [-0.4, -0.2) is 48.9 Å². The molecule has 4 rings (SSSR count). The minimum absolute atomic E-state index is 0.0552. The predicted molar refractivity (Wildman–Crippen MR) is 109 cm³/mol. The Kier molecular flexibility index (Phi) is 5.58. The van der Waals surface area contributed by atoms with E-state index in [1.807, 2.05) is 30.3 Å². The van der Waals surface area contributed by atoms with Crippen molar-refractivity contribution in [2.45, 2.75) is 19.3 Å². The minimum Gasteiger partial charge on any atom is -0.494 e. The molecule has 2 aromatic carbocycles. The molecule has 0 atom stereocenters. The molecule has 1 saturated heterocycles. The van der Waals surface area contributed by atoms with E-state index < -0.39 is 0 Å². The highest BCUT2D eigenvalue weighted by molar-refractivity contribution is 5.94. The summed E-state index contributed by atoms with van der Waals surface area (Å²) in [6.45, 7) is 3.07. The highest BCUT2D eigenvalue weighted by Gasteiger charge is 2.18. The van der Waals surface area contributed by atoms with Gasteiger partial charge in [-0.05, 0) is 24.5 Å². The molecular weight excluding hydrogens is 354 g/mol. The van der Waals surface area contributed by atoms with E-state index in [-0.39, 0.29) is 5.91 Å². The standard InChI is InChI=1S/C22H25N3O3/c1-27-20-15-18(24-10-12-28-13-11-24)14-19-22(20)23-16-25(19)21(26)9-5-8-17-6-3-2-4-7-17/h2-4,6-7,14-16H,5,8-13H2,1H3. The molecule has 0 aliphatic carbocycles. The molecule has 0 unspecified atom stereocenters. The smallest absolute Gasteiger partial charge is 0.232 e. The quantitative estimate of drug-likeness (QED) is 0.656. The molecule has 146 valence electrons. The van der Waals surface area contributed by atoms with Gasteiger partial charge in [0, 0.05) is 31.3 Å². The number of morpholine rings is 1. The number of nitrogens with zero attached hydrogens (tertiary/aromatic N) is 3. The first-order chi connectivity index (χ1) is 13.8. The molecule has 0 radical (unpaired) electrons. The van der Waals surface area contributed by atoms with E-state index in [0.717, 1.165) is 42.7 Å². The van der Waals surface area contributed by atoms with Gasteiger partial charge >= 0.3 is 0 Å². The summed E-state index contributed by atoms with van der Waals surface area (Å²) in [5, 5.41) is 0. The fourth-order valence-corrected chi connectivity index (χ4v) is 3.64. The number of carbonyl (C=O) groups is 1. The molecule has 2 heterocycles. The number of benzene rings is 2. The molecule has 0 saturated carbocycles. The van der Waals surface area contributed by atoms with Crippen LogP contribution in [0.15, 0.2) is 48.8 Å². The Hall–Kier alpha value is -2.86. The van der Waals surface area contributed by atoms with Crippen molar-refractivity contribution in [2.75, 3.05) is 38.3 Å². The molecule has 1 aliphatic heterocycles. The molecule has 3 aromatic rings. The predicted octanol–water partition coefficient (Wildman–Crippen LogP) is 3.54. The summed E-state index contributed by atoms with van der Waals surface area (Å²) in [7, 11) is 1.64. The molecule has 1 aromatic heterocycles. The van der Waals surface area contributed by atoms with Crippen LogP contribution in [0.3, 0.4) is 0 Å². The van der Waals surface area contributed by atoms with Crippen LogP contribution >= 0.6 is 0 Å². The number of hydrogen-bond acceptors (Lipinski definition) is 5. The summed E-state index contributed by atoms with van der Waals surface area (Å²) in [4.78, 5) is 19.5. The SMILES string of the molecule is COc1cc(N2CCOCC2)cc2c1ncn2C(=O)CCCc1ccccc1. The summed E-state index contributed by atoms with van der Waals surface area (Å²) >= 11 is 0. The molecule has 6 nitrogen and oxygen atoms in total. The number of anilines is 1. The molecule has 0 N–H and O–H groups in total. The monoisotopic (exact) mass is 379 g/mol. The molecule has 0 bridgehead atoms. The number of hydrogen-bond donors (Lipinski definition) is 0. The highest BCUT2D eigenvalue weighted by atomic mass is 16.5. The molecule has 1 fully saturated rings. The van der Waals surface area contributed by atoms with Gasteiger partial charge in [0.2, 0.25) is 5.91 Å². The molecular formula is C22H25N3O3. The van der Waals surface area contributed by atoms with Crippen molar-refractivity contribution >= 4 is 22.6 Å². The third kappa shape index (κ3) is 3.87. The number of carbonyl (C=O) groups excluding carboxylic acids is 1. The molecule has 6 heteroatoms. The largest absolute Gasteiger partial charge is 0.494 e. The zero-order valence-corrected chi connectivity index (χ0v) is 16.1. The minimum atomic E-state index is 0.0552. The van der Waals surface area contributed by atoms with Crippen molar-refractivity contribution in [2.24, 2.45) is 0 Å². The van der Waals surface area contributed by atoms with Crippen molar-refractivity contribution in [3.05, 3.63) is 54.4 Å². The Morgan fingerprint density at radius 1 is 1.18 bits per heavy atom. The lowest BCUT2D eigenvalue weighted by atomic mass is 10.1. The number of fused-ring (bicyclic) bond motifs is 1. The van der Waals surface area contributed by atoms with E-state index in [9.17, 15) is 4.79 Å². The van der Waals surface area contributed by atoms with E-state index in [2.05, 4.69) is 22.0 Å². The van der Waals surface area contributed by atoms with E-state index in [0.29, 0.717) is 25.4 Å². The summed E-state index contributed by atoms with van der Waals surface area (Å²) in [5.41, 5.74) is 3.80. The van der Waals surface area contributed by atoms with Gasteiger partial charge in [-0.2, -0.15) is 0 Å². The number of aromatic nitrogens is 2. The van der Waals surface area contributed by atoms with Gasteiger partial charge in [-0.15, -0.1) is 0 Å². The van der Waals surface area contributed by atoms with Crippen LogP contribution in [-0.2, 0) is 11.2 Å². The first kappa shape index (κ1) is 18.5. The fourth-order valence-electron chi connectivity index (χ4n) is 3.64. The van der Waals surface area contributed by atoms with Gasteiger partial charge in [-0.1, -0.05) is 30.3 Å². The van der Waals surface area contributed by atoms with E-state index in [1.165, 1.54) is 5.56 Å². The number of aryl methyl sites for hydroxylation is 1. The van der Waals surface area contributed by atoms with Crippen LogP contribution in [0.4, 0.5) is 5.69 Å². The van der Waals surface area contributed by atoms with Gasteiger partial charge in [0.1, 0.15) is 17.6 Å². The Labute approximate surface area is 164 Å².